The molecule has 2 rings (SSSR count). The summed E-state index contributed by atoms with van der Waals surface area (Å²) in [5.74, 6) is -15.3. The summed E-state index contributed by atoms with van der Waals surface area (Å²) in [4.78, 5) is 178. The van der Waals surface area contributed by atoms with E-state index in [4.69, 9.17) is 34.4 Å². The van der Waals surface area contributed by atoms with Crippen molar-refractivity contribution in [3.05, 3.63) is 65.7 Å². The van der Waals surface area contributed by atoms with E-state index in [2.05, 4.69) is 53.2 Å². The molecule has 32 nitrogen and oxygen atoms in total. The molecule has 0 unspecified atom stereocenters. The van der Waals surface area contributed by atoms with Crippen molar-refractivity contribution in [2.45, 2.75) is 204 Å². The number of hydrogen-bond donors (Lipinski definition) is 19. The van der Waals surface area contributed by atoms with E-state index in [0.717, 1.165) is 0 Å². The standard InChI is InChI=1S/C64H104N16O16/c1-7-36(5)52(79-54(85)41(68)20-12-15-27-65)62(93)72-42(21-13-16-28-66)55(86)77-48(34-81)60(91)71-43(22-14-17-29-67)56(87)80-53(37(6)8-2)63(94)75-46(33-50(70)84)59(90)78-51(35(3)4)61(92)74-45(32-49(69)83)58(89)73-44(30-39-23-25-40(82)26-24-39)57(88)76-47(64(95)96)31-38-18-10-9-11-19-38/h9-11,18-19,23-26,35-37,41-48,51-53,81-82H,7-8,12-17,20-22,27-34,65-68H2,1-6H3,(H2,69,83)(H2,70,84)(H,71,91)(H,72,93)(H,73,89)(H,74,92)(H,75,94)(H,76,88)(H,77,86)(H,78,90)(H,79,85)(H,80,87)(H,95,96)/t36-,37-,41-,42-,43-,44-,45-,46-,47-,48-,51-,52-,53-/m0/s1. The van der Waals surface area contributed by atoms with Crippen molar-refractivity contribution < 1.29 is 77.6 Å². The Labute approximate surface area is 559 Å². The van der Waals surface area contributed by atoms with Gasteiger partial charge in [-0.1, -0.05) is 103 Å². The number of nitrogens with two attached hydrogens (primary N) is 6. The summed E-state index contributed by atoms with van der Waals surface area (Å²) in [6.45, 7) is 9.60. The lowest BCUT2D eigenvalue weighted by molar-refractivity contribution is -0.142. The van der Waals surface area contributed by atoms with Crippen molar-refractivity contribution in [1.82, 2.24) is 53.2 Å². The van der Waals surface area contributed by atoms with Gasteiger partial charge in [-0.05, 0) is 112 Å². The molecular weight excluding hydrogens is 1250 g/mol. The fourth-order valence-electron chi connectivity index (χ4n) is 9.89. The number of nitrogens with one attached hydrogen (secondary N) is 10. The number of aliphatic carboxylic acids is 1. The number of rotatable bonds is 47. The number of primary amides is 2. The van der Waals surface area contributed by atoms with E-state index in [0.29, 0.717) is 62.6 Å². The van der Waals surface area contributed by atoms with Crippen molar-refractivity contribution in [3.63, 3.8) is 0 Å². The SMILES string of the molecule is CC[C@H](C)[C@H](NC(=O)[C@H](CCCCN)NC(=O)[C@H](CO)NC(=O)[C@H](CCCCN)NC(=O)[C@@H](NC(=O)[C@@H](N)CCCCN)[C@@H](C)CC)C(=O)N[C@@H](CC(N)=O)C(=O)N[C@H](C(=O)N[C@@H](CC(N)=O)C(=O)N[C@@H](Cc1ccc(O)cc1)C(=O)N[C@@H](Cc1ccccc1)C(=O)O)C(C)C. The Morgan fingerprint density at radius 3 is 1.20 bits per heavy atom. The van der Waals surface area contributed by atoms with Gasteiger partial charge in [-0.2, -0.15) is 0 Å². The van der Waals surface area contributed by atoms with Crippen LogP contribution in [0.3, 0.4) is 0 Å². The summed E-state index contributed by atoms with van der Waals surface area (Å²) < 4.78 is 0. The van der Waals surface area contributed by atoms with Crippen LogP contribution >= 0.6 is 0 Å². The number of aromatic hydroxyl groups is 1. The first-order valence-electron chi connectivity index (χ1n) is 32.6. The smallest absolute Gasteiger partial charge is 0.326 e. The average Bonchev–Trinajstić information content (AvgIpc) is 1.32. The van der Waals surface area contributed by atoms with Gasteiger partial charge in [0.15, 0.2) is 0 Å². The molecule has 0 fully saturated rings. The maximum atomic E-state index is 14.4. The monoisotopic (exact) mass is 1350 g/mol. The Morgan fingerprint density at radius 1 is 0.406 bits per heavy atom. The van der Waals surface area contributed by atoms with Gasteiger partial charge in [-0.25, -0.2) is 4.79 Å². The highest BCUT2D eigenvalue weighted by Gasteiger charge is 2.39. The maximum Gasteiger partial charge on any atom is 0.326 e. The first kappa shape index (κ1) is 83.2. The molecule has 0 aliphatic heterocycles. The summed E-state index contributed by atoms with van der Waals surface area (Å²) in [5, 5.41) is 55.6. The molecule has 0 heterocycles. The maximum absolute atomic E-state index is 14.4. The van der Waals surface area contributed by atoms with E-state index in [1.807, 2.05) is 0 Å². The highest BCUT2D eigenvalue weighted by molar-refractivity contribution is 6.00. The number of phenols is 1. The van der Waals surface area contributed by atoms with E-state index in [-0.39, 0.29) is 57.4 Å². The second kappa shape index (κ2) is 44.0. The zero-order valence-electron chi connectivity index (χ0n) is 55.8. The minimum Gasteiger partial charge on any atom is -0.508 e. The van der Waals surface area contributed by atoms with Gasteiger partial charge in [0, 0.05) is 12.8 Å². The second-order valence-electron chi connectivity index (χ2n) is 24.3. The Hall–Kier alpha value is -8.85. The summed E-state index contributed by atoms with van der Waals surface area (Å²) in [5.41, 5.74) is 35.3. The third kappa shape index (κ3) is 29.8. The predicted octanol–water partition coefficient (Wildman–Crippen LogP) is -3.68. The molecule has 12 amide bonds. The Balaban J connectivity index is 2.43. The largest absolute Gasteiger partial charge is 0.508 e. The Morgan fingerprint density at radius 2 is 0.750 bits per heavy atom. The van der Waals surface area contributed by atoms with Crippen LogP contribution in [0.25, 0.3) is 0 Å². The Kier molecular flexibility index (Phi) is 38.2. The van der Waals surface area contributed by atoms with Crippen LogP contribution in [0, 0.1) is 17.8 Å². The molecule has 0 radical (unpaired) electrons. The molecule has 0 bridgehead atoms. The minimum atomic E-state index is -1.83. The normalized spacial score (nSPS) is 15.2. The summed E-state index contributed by atoms with van der Waals surface area (Å²) in [7, 11) is 0. The second-order valence-corrected chi connectivity index (χ2v) is 24.3. The number of carbonyl (C=O) groups excluding carboxylic acids is 12. The molecule has 32 heteroatoms. The topological polar surface area (TPSA) is 559 Å². The highest BCUT2D eigenvalue weighted by atomic mass is 16.4. The lowest BCUT2D eigenvalue weighted by Gasteiger charge is -2.30. The highest BCUT2D eigenvalue weighted by Crippen LogP contribution is 2.17. The number of carboxylic acid groups (broad SMARTS) is 1. The van der Waals surface area contributed by atoms with E-state index in [1.54, 1.807) is 58.0 Å². The molecule has 0 spiro atoms. The third-order valence-corrected chi connectivity index (χ3v) is 16.1. The van der Waals surface area contributed by atoms with Crippen LogP contribution in [0.1, 0.15) is 136 Å². The van der Waals surface area contributed by atoms with Gasteiger partial charge in [0.2, 0.25) is 70.9 Å². The van der Waals surface area contributed by atoms with Gasteiger partial charge >= 0.3 is 5.97 Å². The summed E-state index contributed by atoms with van der Waals surface area (Å²) in [6.07, 6.45) is 1.38. The van der Waals surface area contributed by atoms with Crippen molar-refractivity contribution in [2.75, 3.05) is 26.2 Å². The van der Waals surface area contributed by atoms with Crippen LogP contribution in [0.15, 0.2) is 54.6 Å². The lowest BCUT2D eigenvalue weighted by atomic mass is 9.96. The number of carbonyl (C=O) groups is 13. The van der Waals surface area contributed by atoms with E-state index in [1.165, 1.54) is 38.1 Å². The number of aliphatic hydroxyl groups is 1. The van der Waals surface area contributed by atoms with Gasteiger partial charge in [0.25, 0.3) is 0 Å². The van der Waals surface area contributed by atoms with Crippen molar-refractivity contribution in [1.29, 1.82) is 0 Å². The number of amides is 12. The number of carboxylic acids is 1. The molecular formula is C64H104N16O16. The van der Waals surface area contributed by atoms with Gasteiger partial charge in [0.1, 0.15) is 66.2 Å². The average molecular weight is 1350 g/mol. The molecule has 0 saturated heterocycles. The zero-order valence-corrected chi connectivity index (χ0v) is 55.8. The van der Waals surface area contributed by atoms with Gasteiger partial charge in [-0.15, -0.1) is 0 Å². The third-order valence-electron chi connectivity index (χ3n) is 16.1. The molecule has 25 N–H and O–H groups in total. The summed E-state index contributed by atoms with van der Waals surface area (Å²) in [6, 6.07) is -2.48. The van der Waals surface area contributed by atoms with E-state index >= 15 is 0 Å². The first-order valence-corrected chi connectivity index (χ1v) is 32.6. The van der Waals surface area contributed by atoms with Crippen molar-refractivity contribution >= 4 is 76.9 Å². The first-order chi connectivity index (χ1) is 45.4. The fourth-order valence-corrected chi connectivity index (χ4v) is 9.89. The van der Waals surface area contributed by atoms with Crippen molar-refractivity contribution in [2.24, 2.45) is 52.2 Å². The van der Waals surface area contributed by atoms with Gasteiger partial charge in [-0.3, -0.25) is 57.5 Å². The van der Waals surface area contributed by atoms with Crippen LogP contribution in [0.5, 0.6) is 5.75 Å². The quantitative estimate of drug-likeness (QED) is 0.0284. The number of phenolic OH excluding ortho intramolecular Hbond substituents is 1. The molecule has 2 aromatic rings. The van der Waals surface area contributed by atoms with E-state index < -0.39 is 181 Å². The number of benzene rings is 2. The Bertz CT molecular complexity index is 2870. The number of aliphatic hydroxyl groups excluding tert-OH is 1. The van der Waals surface area contributed by atoms with Gasteiger partial charge < -0.3 is 103 Å². The van der Waals surface area contributed by atoms with Crippen LogP contribution in [-0.4, -0.2) is 185 Å². The molecule has 0 aliphatic rings. The molecule has 0 saturated carbocycles. The van der Waals surface area contributed by atoms with Crippen LogP contribution < -0.4 is 87.6 Å². The molecule has 96 heavy (non-hydrogen) atoms. The lowest BCUT2D eigenvalue weighted by Crippen LogP contribution is -2.62. The number of hydrogen-bond acceptors (Lipinski definition) is 19. The summed E-state index contributed by atoms with van der Waals surface area (Å²) >= 11 is 0. The van der Waals surface area contributed by atoms with Gasteiger partial charge in [0.05, 0.1) is 25.5 Å². The predicted molar refractivity (Wildman–Crippen MR) is 354 cm³/mol. The molecule has 536 valence electrons. The minimum absolute atomic E-state index is 0.0267. The van der Waals surface area contributed by atoms with E-state index in [9.17, 15) is 77.6 Å². The van der Waals surface area contributed by atoms with Crippen LogP contribution in [0.4, 0.5) is 0 Å². The number of unbranched alkanes of at least 4 members (excludes halogenated alkanes) is 3. The zero-order chi connectivity index (χ0) is 72.2. The molecule has 0 aliphatic carbocycles. The molecule has 0 aromatic heterocycles. The molecule has 2 aromatic carbocycles. The van der Waals surface area contributed by atoms with Crippen LogP contribution in [0.2, 0.25) is 0 Å². The van der Waals surface area contributed by atoms with Crippen molar-refractivity contribution in [3.8, 4) is 5.75 Å². The molecule has 13 atom stereocenters. The van der Waals surface area contributed by atoms with Crippen LogP contribution in [-0.2, 0) is 75.2 Å². The fraction of sp³-hybridized carbons (Fsp3) is 0.609.